The smallest absolute Gasteiger partial charge is 0.255 e. The molecule has 2 heterocycles. The van der Waals surface area contributed by atoms with Crippen LogP contribution in [0.2, 0.25) is 0 Å². The van der Waals surface area contributed by atoms with Gasteiger partial charge in [-0.3, -0.25) is 9.59 Å². The van der Waals surface area contributed by atoms with E-state index in [1.165, 1.54) is 12.8 Å². The SMILES string of the molecule is CCCCCCC(=O)N1CCC2(CC1)SCCN2C(=O)c1ccccc1C. The van der Waals surface area contributed by atoms with Gasteiger partial charge in [0.2, 0.25) is 5.91 Å². The topological polar surface area (TPSA) is 40.6 Å². The van der Waals surface area contributed by atoms with Crippen molar-refractivity contribution < 1.29 is 9.59 Å². The molecule has 3 rings (SSSR count). The highest BCUT2D eigenvalue weighted by Crippen LogP contribution is 2.44. The number of aryl methyl sites for hydroxylation is 1. The Bertz CT molecular complexity index is 668. The number of likely N-dealkylation sites (tertiary alicyclic amines) is 1. The van der Waals surface area contributed by atoms with Crippen molar-refractivity contribution in [1.29, 1.82) is 0 Å². The number of unbranched alkanes of at least 4 members (excludes halogenated alkanes) is 3. The Morgan fingerprint density at radius 2 is 1.81 bits per heavy atom. The average molecular weight is 389 g/mol. The highest BCUT2D eigenvalue weighted by molar-refractivity contribution is 8.00. The van der Waals surface area contributed by atoms with E-state index in [4.69, 9.17) is 0 Å². The first kappa shape index (κ1) is 20.2. The summed E-state index contributed by atoms with van der Waals surface area (Å²) in [7, 11) is 0. The molecule has 0 atom stereocenters. The van der Waals surface area contributed by atoms with Gasteiger partial charge in [0, 0.05) is 37.4 Å². The summed E-state index contributed by atoms with van der Waals surface area (Å²) in [6.45, 7) is 6.55. The van der Waals surface area contributed by atoms with E-state index < -0.39 is 0 Å². The number of rotatable bonds is 6. The maximum absolute atomic E-state index is 13.2. The summed E-state index contributed by atoms with van der Waals surface area (Å²) in [5, 5.41) is 0. The Hall–Kier alpha value is -1.49. The fraction of sp³-hybridized carbons (Fsp3) is 0.636. The van der Waals surface area contributed by atoms with Crippen molar-refractivity contribution in [3.63, 3.8) is 0 Å². The summed E-state index contributed by atoms with van der Waals surface area (Å²) in [5.74, 6) is 1.43. The molecule has 5 heteroatoms. The molecule has 2 saturated heterocycles. The minimum Gasteiger partial charge on any atom is -0.342 e. The summed E-state index contributed by atoms with van der Waals surface area (Å²) in [6.07, 6.45) is 7.00. The maximum Gasteiger partial charge on any atom is 0.255 e. The zero-order valence-electron chi connectivity index (χ0n) is 16.7. The van der Waals surface area contributed by atoms with E-state index in [0.717, 1.165) is 62.2 Å². The minimum atomic E-state index is -0.127. The molecule has 0 bridgehead atoms. The molecule has 0 aromatic heterocycles. The lowest BCUT2D eigenvalue weighted by molar-refractivity contribution is -0.132. The average Bonchev–Trinajstić information content (AvgIpc) is 3.08. The van der Waals surface area contributed by atoms with Crippen LogP contribution in [0.25, 0.3) is 0 Å². The first-order chi connectivity index (χ1) is 13.1. The van der Waals surface area contributed by atoms with E-state index >= 15 is 0 Å². The van der Waals surface area contributed by atoms with Crippen molar-refractivity contribution in [3.8, 4) is 0 Å². The minimum absolute atomic E-state index is 0.127. The van der Waals surface area contributed by atoms with E-state index in [2.05, 4.69) is 11.8 Å². The summed E-state index contributed by atoms with van der Waals surface area (Å²) in [5.41, 5.74) is 1.85. The fourth-order valence-electron chi connectivity index (χ4n) is 4.23. The quantitative estimate of drug-likeness (QED) is 0.675. The van der Waals surface area contributed by atoms with Gasteiger partial charge < -0.3 is 9.80 Å². The molecule has 1 aromatic carbocycles. The van der Waals surface area contributed by atoms with Crippen LogP contribution in [0, 0.1) is 6.92 Å². The van der Waals surface area contributed by atoms with Crippen molar-refractivity contribution in [2.24, 2.45) is 0 Å². The second kappa shape index (κ2) is 9.13. The Labute approximate surface area is 167 Å². The molecule has 0 N–H and O–H groups in total. The number of piperidine rings is 1. The largest absolute Gasteiger partial charge is 0.342 e. The summed E-state index contributed by atoms with van der Waals surface area (Å²) < 4.78 is 0. The van der Waals surface area contributed by atoms with Gasteiger partial charge in [0.05, 0.1) is 4.87 Å². The lowest BCUT2D eigenvalue weighted by atomic mass is 9.99. The van der Waals surface area contributed by atoms with Crippen LogP contribution < -0.4 is 0 Å². The number of hydrogen-bond donors (Lipinski definition) is 0. The molecule has 0 aliphatic carbocycles. The second-order valence-corrected chi connectivity index (χ2v) is 9.21. The Kier molecular flexibility index (Phi) is 6.85. The van der Waals surface area contributed by atoms with Crippen LogP contribution in [0.15, 0.2) is 24.3 Å². The van der Waals surface area contributed by atoms with Gasteiger partial charge in [0.1, 0.15) is 0 Å². The van der Waals surface area contributed by atoms with Crippen LogP contribution in [0.3, 0.4) is 0 Å². The predicted octanol–water partition coefficient (Wildman–Crippen LogP) is 4.47. The number of carbonyl (C=O) groups is 2. The normalized spacial score (nSPS) is 18.9. The van der Waals surface area contributed by atoms with Gasteiger partial charge in [-0.05, 0) is 37.8 Å². The molecule has 0 saturated carbocycles. The van der Waals surface area contributed by atoms with Crippen LogP contribution in [0.4, 0.5) is 0 Å². The summed E-state index contributed by atoms with van der Waals surface area (Å²) in [6, 6.07) is 7.85. The van der Waals surface area contributed by atoms with Crippen LogP contribution in [-0.2, 0) is 4.79 Å². The molecule has 27 heavy (non-hydrogen) atoms. The molecule has 0 radical (unpaired) electrons. The Morgan fingerprint density at radius 3 is 2.52 bits per heavy atom. The van der Waals surface area contributed by atoms with Crippen LogP contribution >= 0.6 is 11.8 Å². The van der Waals surface area contributed by atoms with Gasteiger partial charge in [0.15, 0.2) is 0 Å². The van der Waals surface area contributed by atoms with E-state index in [-0.39, 0.29) is 10.8 Å². The molecule has 0 unspecified atom stereocenters. The molecule has 148 valence electrons. The molecule has 4 nitrogen and oxygen atoms in total. The molecule has 2 aliphatic heterocycles. The lowest BCUT2D eigenvalue weighted by Crippen LogP contribution is -2.53. The first-order valence-electron chi connectivity index (χ1n) is 10.4. The maximum atomic E-state index is 13.2. The molecule has 2 fully saturated rings. The third kappa shape index (κ3) is 4.50. The Balaban J connectivity index is 1.60. The zero-order valence-corrected chi connectivity index (χ0v) is 17.5. The van der Waals surface area contributed by atoms with Crippen molar-refractivity contribution >= 4 is 23.6 Å². The van der Waals surface area contributed by atoms with Gasteiger partial charge in [0.25, 0.3) is 5.91 Å². The predicted molar refractivity (Wildman–Crippen MR) is 112 cm³/mol. The highest BCUT2D eigenvalue weighted by Gasteiger charge is 2.47. The molecular weight excluding hydrogens is 356 g/mol. The zero-order chi connectivity index (χ0) is 19.3. The van der Waals surface area contributed by atoms with Crippen LogP contribution in [0.1, 0.15) is 67.8 Å². The summed E-state index contributed by atoms with van der Waals surface area (Å²) >= 11 is 1.91. The molecule has 2 aliphatic rings. The van der Waals surface area contributed by atoms with Crippen molar-refractivity contribution in [2.75, 3.05) is 25.4 Å². The fourth-order valence-corrected chi connectivity index (χ4v) is 5.69. The number of thioether (sulfide) groups is 1. The monoisotopic (exact) mass is 388 g/mol. The second-order valence-electron chi connectivity index (χ2n) is 7.76. The number of carbonyl (C=O) groups excluding carboxylic acids is 2. The van der Waals surface area contributed by atoms with E-state index in [1.54, 1.807) is 0 Å². The van der Waals surface area contributed by atoms with Gasteiger partial charge in [-0.1, -0.05) is 44.4 Å². The van der Waals surface area contributed by atoms with Gasteiger partial charge in [-0.2, -0.15) is 0 Å². The van der Waals surface area contributed by atoms with Crippen molar-refractivity contribution in [3.05, 3.63) is 35.4 Å². The molecule has 2 amide bonds. The molecule has 1 spiro atoms. The number of nitrogens with zero attached hydrogens (tertiary/aromatic N) is 2. The van der Waals surface area contributed by atoms with E-state index in [9.17, 15) is 9.59 Å². The number of hydrogen-bond acceptors (Lipinski definition) is 3. The first-order valence-corrected chi connectivity index (χ1v) is 11.4. The third-order valence-electron chi connectivity index (χ3n) is 5.94. The number of amides is 2. The van der Waals surface area contributed by atoms with Gasteiger partial charge in [-0.25, -0.2) is 0 Å². The van der Waals surface area contributed by atoms with E-state index in [1.807, 2.05) is 47.9 Å². The van der Waals surface area contributed by atoms with Crippen molar-refractivity contribution in [2.45, 2.75) is 63.7 Å². The van der Waals surface area contributed by atoms with Crippen LogP contribution in [0.5, 0.6) is 0 Å². The third-order valence-corrected chi connectivity index (χ3v) is 7.49. The van der Waals surface area contributed by atoms with Gasteiger partial charge >= 0.3 is 0 Å². The molecular formula is C22H32N2O2S. The van der Waals surface area contributed by atoms with Crippen LogP contribution in [-0.4, -0.2) is 51.9 Å². The summed E-state index contributed by atoms with van der Waals surface area (Å²) in [4.78, 5) is 29.7. The van der Waals surface area contributed by atoms with E-state index in [0.29, 0.717) is 12.3 Å². The van der Waals surface area contributed by atoms with Crippen molar-refractivity contribution in [1.82, 2.24) is 9.80 Å². The standard InChI is InChI=1S/C22H32N2O2S/c1-3-4-5-6-11-20(25)23-14-12-22(13-15-23)24(16-17-27-22)21(26)19-10-8-7-9-18(19)2/h7-10H,3-6,11-17H2,1-2H3. The molecule has 1 aromatic rings. The van der Waals surface area contributed by atoms with Gasteiger partial charge in [-0.15, -0.1) is 11.8 Å². The lowest BCUT2D eigenvalue weighted by Gasteiger charge is -2.44. The number of benzene rings is 1. The highest BCUT2D eigenvalue weighted by atomic mass is 32.2. The Morgan fingerprint density at radius 1 is 1.07 bits per heavy atom.